The summed E-state index contributed by atoms with van der Waals surface area (Å²) in [5.74, 6) is -0.131. The minimum absolute atomic E-state index is 0.309. The Bertz CT molecular complexity index is 638. The third-order valence-corrected chi connectivity index (χ3v) is 5.92. The Morgan fingerprint density at radius 3 is 1.70 bits per heavy atom. The second-order valence-corrected chi connectivity index (χ2v) is 8.26. The zero-order valence-corrected chi connectivity index (χ0v) is 19.8. The maximum absolute atomic E-state index is 12.8. The van der Waals surface area contributed by atoms with E-state index < -0.39 is 11.9 Å². The number of carbonyl (C=O) groups is 2. The Balaban J connectivity index is 2.86. The third-order valence-electron chi connectivity index (χ3n) is 5.92. The van der Waals surface area contributed by atoms with E-state index in [9.17, 15) is 9.59 Å². The quantitative estimate of drug-likeness (QED) is 0.288. The standard InChI is InChI=1S/C26H42O4/c1-6-11-13-21(9-4)18-29-25(27)23-16-15-20(8-3)17-24(23)26(28)30-19-22(10-5)14-12-7-2/h15-17,21-22H,6-14,18-19H2,1-5H3. The summed E-state index contributed by atoms with van der Waals surface area (Å²) < 4.78 is 11.2. The van der Waals surface area contributed by atoms with Crippen LogP contribution >= 0.6 is 0 Å². The lowest BCUT2D eigenvalue weighted by molar-refractivity contribution is 0.0381. The minimum atomic E-state index is -0.433. The molecule has 1 rings (SSSR count). The fourth-order valence-corrected chi connectivity index (χ4v) is 3.50. The summed E-state index contributed by atoms with van der Waals surface area (Å²) in [4.78, 5) is 25.6. The zero-order valence-electron chi connectivity index (χ0n) is 19.8. The van der Waals surface area contributed by atoms with E-state index in [2.05, 4.69) is 27.7 Å². The van der Waals surface area contributed by atoms with Gasteiger partial charge in [-0.15, -0.1) is 0 Å². The first-order valence-electron chi connectivity index (χ1n) is 12.0. The molecule has 0 N–H and O–H groups in total. The summed E-state index contributed by atoms with van der Waals surface area (Å²) in [6.45, 7) is 11.4. The van der Waals surface area contributed by atoms with Crippen molar-refractivity contribution in [1.82, 2.24) is 0 Å². The van der Waals surface area contributed by atoms with Crippen LogP contribution in [0.4, 0.5) is 0 Å². The van der Waals surface area contributed by atoms with Gasteiger partial charge in [0.25, 0.3) is 0 Å². The predicted octanol–water partition coefficient (Wildman–Crippen LogP) is 7.00. The molecule has 0 spiro atoms. The molecule has 0 radical (unpaired) electrons. The highest BCUT2D eigenvalue weighted by Gasteiger charge is 2.22. The smallest absolute Gasteiger partial charge is 0.339 e. The molecule has 0 fully saturated rings. The largest absolute Gasteiger partial charge is 0.462 e. The van der Waals surface area contributed by atoms with Gasteiger partial charge >= 0.3 is 11.9 Å². The van der Waals surface area contributed by atoms with Gasteiger partial charge in [0, 0.05) is 0 Å². The predicted molar refractivity (Wildman–Crippen MR) is 123 cm³/mol. The van der Waals surface area contributed by atoms with Crippen LogP contribution in [-0.4, -0.2) is 25.2 Å². The van der Waals surface area contributed by atoms with Crippen molar-refractivity contribution >= 4 is 11.9 Å². The number of unbranched alkanes of at least 4 members (excludes halogenated alkanes) is 2. The van der Waals surface area contributed by atoms with Crippen molar-refractivity contribution in [2.45, 2.75) is 92.4 Å². The van der Waals surface area contributed by atoms with E-state index in [1.54, 1.807) is 12.1 Å². The number of aryl methyl sites for hydroxylation is 1. The molecule has 0 bridgehead atoms. The van der Waals surface area contributed by atoms with Crippen molar-refractivity contribution in [2.24, 2.45) is 11.8 Å². The van der Waals surface area contributed by atoms with Crippen molar-refractivity contribution in [3.8, 4) is 0 Å². The Labute approximate surface area is 183 Å². The van der Waals surface area contributed by atoms with Crippen LogP contribution in [0.3, 0.4) is 0 Å². The summed E-state index contributed by atoms with van der Waals surface area (Å²) in [6, 6.07) is 5.37. The van der Waals surface area contributed by atoms with Crippen molar-refractivity contribution in [3.05, 3.63) is 34.9 Å². The molecule has 2 unspecified atom stereocenters. The first-order valence-corrected chi connectivity index (χ1v) is 12.0. The number of ether oxygens (including phenoxy) is 2. The number of rotatable bonds is 15. The van der Waals surface area contributed by atoms with E-state index in [0.29, 0.717) is 36.2 Å². The SMILES string of the molecule is CCCCC(CC)COC(=O)c1ccc(CC)cc1C(=O)OCC(CC)CCCC. The number of carbonyl (C=O) groups excluding carboxylic acids is 2. The average Bonchev–Trinajstić information content (AvgIpc) is 2.78. The lowest BCUT2D eigenvalue weighted by atomic mass is 10.00. The average molecular weight is 419 g/mol. The molecule has 0 aliphatic heterocycles. The van der Waals surface area contributed by atoms with Crippen molar-refractivity contribution in [1.29, 1.82) is 0 Å². The molecule has 0 aromatic heterocycles. The summed E-state index contributed by atoms with van der Waals surface area (Å²) in [7, 11) is 0. The highest BCUT2D eigenvalue weighted by molar-refractivity contribution is 6.03. The molecule has 170 valence electrons. The van der Waals surface area contributed by atoms with Crippen molar-refractivity contribution in [3.63, 3.8) is 0 Å². The maximum atomic E-state index is 12.8. The summed E-state index contributed by atoms with van der Waals surface area (Å²) in [6.07, 6.45) is 9.40. The molecule has 0 amide bonds. The molecule has 4 heteroatoms. The highest BCUT2D eigenvalue weighted by atomic mass is 16.5. The van der Waals surface area contributed by atoms with Crippen LogP contribution in [0.1, 0.15) is 112 Å². The van der Waals surface area contributed by atoms with Gasteiger partial charge in [0.1, 0.15) is 0 Å². The van der Waals surface area contributed by atoms with Gasteiger partial charge in [0.05, 0.1) is 24.3 Å². The lowest BCUT2D eigenvalue weighted by Crippen LogP contribution is -2.19. The van der Waals surface area contributed by atoms with Gasteiger partial charge in [-0.05, 0) is 48.8 Å². The Morgan fingerprint density at radius 1 is 0.767 bits per heavy atom. The van der Waals surface area contributed by atoms with Gasteiger partial charge in [-0.3, -0.25) is 0 Å². The molecule has 4 nitrogen and oxygen atoms in total. The van der Waals surface area contributed by atoms with Gasteiger partial charge in [0.2, 0.25) is 0 Å². The molecule has 30 heavy (non-hydrogen) atoms. The van der Waals surface area contributed by atoms with Gasteiger partial charge < -0.3 is 9.47 Å². The number of hydrogen-bond donors (Lipinski definition) is 0. The molecule has 0 saturated heterocycles. The number of hydrogen-bond acceptors (Lipinski definition) is 4. The van der Waals surface area contributed by atoms with Crippen LogP contribution in [0, 0.1) is 11.8 Å². The van der Waals surface area contributed by atoms with Gasteiger partial charge in [0.15, 0.2) is 0 Å². The fraction of sp³-hybridized carbons (Fsp3) is 0.692. The van der Waals surface area contributed by atoms with Crippen molar-refractivity contribution in [2.75, 3.05) is 13.2 Å². The molecule has 1 aromatic carbocycles. The number of esters is 2. The first kappa shape index (κ1) is 26.2. The second-order valence-electron chi connectivity index (χ2n) is 8.26. The van der Waals surface area contributed by atoms with E-state index in [1.165, 1.54) is 0 Å². The molecule has 0 aliphatic carbocycles. The normalized spacial score (nSPS) is 13.0. The Morgan fingerprint density at radius 2 is 1.27 bits per heavy atom. The molecule has 1 aromatic rings. The molecular formula is C26H42O4. The van der Waals surface area contributed by atoms with E-state index >= 15 is 0 Å². The summed E-state index contributed by atoms with van der Waals surface area (Å²) >= 11 is 0. The van der Waals surface area contributed by atoms with E-state index in [0.717, 1.165) is 63.4 Å². The van der Waals surface area contributed by atoms with E-state index in [-0.39, 0.29) is 0 Å². The lowest BCUT2D eigenvalue weighted by Gasteiger charge is -2.17. The van der Waals surface area contributed by atoms with Gasteiger partial charge in [-0.2, -0.15) is 0 Å². The molecule has 0 aliphatic rings. The molecule has 0 saturated carbocycles. The van der Waals surface area contributed by atoms with Crippen LogP contribution in [-0.2, 0) is 15.9 Å². The second kappa shape index (κ2) is 15.0. The van der Waals surface area contributed by atoms with E-state index in [1.807, 2.05) is 13.0 Å². The van der Waals surface area contributed by atoms with Crippen LogP contribution in [0.25, 0.3) is 0 Å². The molecule has 0 heterocycles. The van der Waals surface area contributed by atoms with Crippen molar-refractivity contribution < 1.29 is 19.1 Å². The third kappa shape index (κ3) is 8.89. The van der Waals surface area contributed by atoms with Gasteiger partial charge in [-0.25, -0.2) is 9.59 Å². The topological polar surface area (TPSA) is 52.6 Å². The van der Waals surface area contributed by atoms with Crippen LogP contribution < -0.4 is 0 Å². The van der Waals surface area contributed by atoms with Gasteiger partial charge in [-0.1, -0.05) is 79.2 Å². The molecule has 2 atom stereocenters. The minimum Gasteiger partial charge on any atom is -0.462 e. The Hall–Kier alpha value is -1.84. The van der Waals surface area contributed by atoms with Crippen LogP contribution in [0.15, 0.2) is 18.2 Å². The maximum Gasteiger partial charge on any atom is 0.339 e. The number of benzene rings is 1. The summed E-state index contributed by atoms with van der Waals surface area (Å²) in [5, 5.41) is 0. The fourth-order valence-electron chi connectivity index (χ4n) is 3.50. The van der Waals surface area contributed by atoms with Crippen LogP contribution in [0.2, 0.25) is 0 Å². The van der Waals surface area contributed by atoms with Crippen LogP contribution in [0.5, 0.6) is 0 Å². The monoisotopic (exact) mass is 418 g/mol. The summed E-state index contributed by atoms with van der Waals surface area (Å²) in [5.41, 5.74) is 1.64. The highest BCUT2D eigenvalue weighted by Crippen LogP contribution is 2.20. The van der Waals surface area contributed by atoms with E-state index in [4.69, 9.17) is 9.47 Å². The zero-order chi connectivity index (χ0) is 22.4. The Kier molecular flexibility index (Phi) is 13.1. The molecular weight excluding hydrogens is 376 g/mol. The first-order chi connectivity index (χ1) is 14.5.